The second-order valence-electron chi connectivity index (χ2n) is 5.13. The second kappa shape index (κ2) is 6.45. The van der Waals surface area contributed by atoms with Gasteiger partial charge in [0.1, 0.15) is 6.54 Å². The Balaban J connectivity index is 1.77. The molecule has 1 aromatic carbocycles. The highest BCUT2D eigenvalue weighted by molar-refractivity contribution is 6.01. The molecule has 0 aliphatic carbocycles. The number of hydroxylamine groups is 2. The molecule has 0 N–H and O–H groups in total. The minimum absolute atomic E-state index is 0.00774. The van der Waals surface area contributed by atoms with Gasteiger partial charge < -0.3 is 4.84 Å². The van der Waals surface area contributed by atoms with Crippen LogP contribution in [0.2, 0.25) is 0 Å². The van der Waals surface area contributed by atoms with Crippen LogP contribution in [-0.2, 0) is 25.8 Å². The molecule has 0 atom stereocenters. The summed E-state index contributed by atoms with van der Waals surface area (Å²) in [5, 5.41) is 4.55. The van der Waals surface area contributed by atoms with Gasteiger partial charge in [-0.2, -0.15) is 5.10 Å². The molecule has 1 aliphatic heterocycles. The molecule has 3 rings (SSSR count). The van der Waals surface area contributed by atoms with E-state index in [4.69, 9.17) is 4.84 Å². The van der Waals surface area contributed by atoms with Crippen LogP contribution in [0.5, 0.6) is 0 Å². The van der Waals surface area contributed by atoms with Gasteiger partial charge in [-0.1, -0.05) is 30.3 Å². The first-order valence-corrected chi connectivity index (χ1v) is 7.25. The normalized spacial score (nSPS) is 14.1. The second-order valence-corrected chi connectivity index (χ2v) is 5.13. The molecule has 8 nitrogen and oxygen atoms in total. The van der Waals surface area contributed by atoms with Gasteiger partial charge in [0.25, 0.3) is 17.4 Å². The summed E-state index contributed by atoms with van der Waals surface area (Å²) in [6.07, 6.45) is 0.0155. The summed E-state index contributed by atoms with van der Waals surface area (Å²) in [6, 6.07) is 12.0. The van der Waals surface area contributed by atoms with E-state index in [9.17, 15) is 19.2 Å². The number of rotatable bonds is 4. The van der Waals surface area contributed by atoms with Gasteiger partial charge in [0.2, 0.25) is 0 Å². The summed E-state index contributed by atoms with van der Waals surface area (Å²) < 4.78 is 0.926. The van der Waals surface area contributed by atoms with Gasteiger partial charge in [0.05, 0.1) is 5.69 Å². The molecule has 2 amide bonds. The maximum atomic E-state index is 11.9. The molecule has 24 heavy (non-hydrogen) atoms. The molecule has 2 aromatic rings. The quantitative estimate of drug-likeness (QED) is 0.759. The topological polar surface area (TPSA) is 98.6 Å². The Hall–Kier alpha value is -3.29. The van der Waals surface area contributed by atoms with E-state index in [0.717, 1.165) is 10.2 Å². The molecule has 0 unspecified atom stereocenters. The van der Waals surface area contributed by atoms with Crippen LogP contribution >= 0.6 is 0 Å². The van der Waals surface area contributed by atoms with Crippen molar-refractivity contribution in [1.82, 2.24) is 14.8 Å². The fourth-order valence-corrected chi connectivity index (χ4v) is 2.24. The molecule has 1 saturated heterocycles. The molecule has 0 spiro atoms. The third-order valence-electron chi connectivity index (χ3n) is 3.41. The van der Waals surface area contributed by atoms with Crippen molar-refractivity contribution >= 4 is 17.8 Å². The van der Waals surface area contributed by atoms with E-state index in [1.165, 1.54) is 6.07 Å². The lowest BCUT2D eigenvalue weighted by Crippen LogP contribution is -2.35. The highest BCUT2D eigenvalue weighted by Crippen LogP contribution is 2.14. The van der Waals surface area contributed by atoms with Crippen LogP contribution in [0.25, 0.3) is 11.3 Å². The molecule has 2 heterocycles. The van der Waals surface area contributed by atoms with Gasteiger partial charge in [-0.25, -0.2) is 9.48 Å². The summed E-state index contributed by atoms with van der Waals surface area (Å²) in [6.45, 7) is -0.503. The van der Waals surface area contributed by atoms with Gasteiger partial charge in [-0.3, -0.25) is 14.4 Å². The molecule has 8 heteroatoms. The number of hydrogen-bond acceptors (Lipinski definition) is 6. The fourth-order valence-electron chi connectivity index (χ4n) is 2.24. The number of benzene rings is 1. The molecule has 122 valence electrons. The van der Waals surface area contributed by atoms with Gasteiger partial charge >= 0.3 is 5.97 Å². The molecular weight excluding hydrogens is 314 g/mol. The first-order chi connectivity index (χ1) is 11.5. The lowest BCUT2D eigenvalue weighted by molar-refractivity contribution is -0.198. The third-order valence-corrected chi connectivity index (χ3v) is 3.41. The predicted molar refractivity (Wildman–Crippen MR) is 81.1 cm³/mol. The molecule has 0 bridgehead atoms. The average molecular weight is 327 g/mol. The standard InChI is InChI=1S/C16H13N3O5/c20-13-7-6-12(11-4-2-1-3-5-11)17-18(13)10-16(23)24-19-14(21)8-9-15(19)22/h1-7H,8-10H2. The van der Waals surface area contributed by atoms with Crippen LogP contribution in [-0.4, -0.2) is 32.6 Å². The van der Waals surface area contributed by atoms with Crippen molar-refractivity contribution in [3.8, 4) is 11.3 Å². The van der Waals surface area contributed by atoms with E-state index in [2.05, 4.69) is 5.10 Å². The number of carbonyl (C=O) groups excluding carboxylic acids is 3. The average Bonchev–Trinajstić information content (AvgIpc) is 2.89. The van der Waals surface area contributed by atoms with E-state index in [1.807, 2.05) is 30.3 Å². The zero-order valence-electron chi connectivity index (χ0n) is 12.5. The largest absolute Gasteiger partial charge is 0.354 e. The van der Waals surface area contributed by atoms with E-state index in [-0.39, 0.29) is 12.8 Å². The Labute approximate surface area is 136 Å². The Bertz CT molecular complexity index is 844. The minimum Gasteiger partial charge on any atom is -0.328 e. The van der Waals surface area contributed by atoms with Crippen molar-refractivity contribution in [2.45, 2.75) is 19.4 Å². The van der Waals surface area contributed by atoms with Crippen molar-refractivity contribution in [3.63, 3.8) is 0 Å². The van der Waals surface area contributed by atoms with Gasteiger partial charge in [-0.15, -0.1) is 5.06 Å². The Morgan fingerprint density at radius 3 is 2.33 bits per heavy atom. The van der Waals surface area contributed by atoms with Crippen molar-refractivity contribution in [2.75, 3.05) is 0 Å². The summed E-state index contributed by atoms with van der Waals surface area (Å²) >= 11 is 0. The van der Waals surface area contributed by atoms with Crippen LogP contribution in [0, 0.1) is 0 Å². The first-order valence-electron chi connectivity index (χ1n) is 7.25. The van der Waals surface area contributed by atoms with E-state index >= 15 is 0 Å². The van der Waals surface area contributed by atoms with Crippen molar-refractivity contribution < 1.29 is 19.2 Å². The molecule has 0 saturated carbocycles. The summed E-state index contributed by atoms with van der Waals surface area (Å²) in [4.78, 5) is 51.3. The van der Waals surface area contributed by atoms with Crippen LogP contribution in [0.15, 0.2) is 47.3 Å². The molecule has 1 aromatic heterocycles. The highest BCUT2D eigenvalue weighted by Gasteiger charge is 2.32. The predicted octanol–water partition coefficient (Wildman–Crippen LogP) is 0.517. The summed E-state index contributed by atoms with van der Waals surface area (Å²) in [7, 11) is 0. The molecule has 1 aliphatic rings. The number of aromatic nitrogens is 2. The van der Waals surface area contributed by atoms with E-state index in [0.29, 0.717) is 10.8 Å². The Morgan fingerprint density at radius 2 is 1.67 bits per heavy atom. The Morgan fingerprint density at radius 1 is 1.00 bits per heavy atom. The fraction of sp³-hybridized carbons (Fsp3) is 0.188. The third kappa shape index (κ3) is 3.22. The number of hydrogen-bond donors (Lipinski definition) is 0. The number of carbonyl (C=O) groups is 3. The zero-order valence-corrected chi connectivity index (χ0v) is 12.5. The molecule has 1 fully saturated rings. The SMILES string of the molecule is O=C(Cn1nc(-c2ccccc2)ccc1=O)ON1C(=O)CCC1=O. The molecule has 0 radical (unpaired) electrons. The van der Waals surface area contributed by atoms with Crippen LogP contribution in [0.1, 0.15) is 12.8 Å². The van der Waals surface area contributed by atoms with Crippen molar-refractivity contribution in [3.05, 3.63) is 52.8 Å². The van der Waals surface area contributed by atoms with Gasteiger partial charge in [0, 0.05) is 24.5 Å². The maximum Gasteiger partial charge on any atom is 0.354 e. The van der Waals surface area contributed by atoms with E-state index in [1.54, 1.807) is 6.07 Å². The van der Waals surface area contributed by atoms with Crippen molar-refractivity contribution in [1.29, 1.82) is 0 Å². The van der Waals surface area contributed by atoms with Crippen LogP contribution in [0.3, 0.4) is 0 Å². The smallest absolute Gasteiger partial charge is 0.328 e. The zero-order chi connectivity index (χ0) is 17.1. The molecular formula is C16H13N3O5. The first kappa shape index (κ1) is 15.6. The number of imide groups is 1. The number of amides is 2. The number of nitrogens with zero attached hydrogens (tertiary/aromatic N) is 3. The summed E-state index contributed by atoms with van der Waals surface area (Å²) in [5.41, 5.74) is 0.798. The van der Waals surface area contributed by atoms with Crippen molar-refractivity contribution in [2.24, 2.45) is 0 Å². The lowest BCUT2D eigenvalue weighted by Gasteiger charge is -2.13. The van der Waals surface area contributed by atoms with Gasteiger partial charge in [0.15, 0.2) is 0 Å². The van der Waals surface area contributed by atoms with E-state index < -0.39 is 29.9 Å². The summed E-state index contributed by atoms with van der Waals surface area (Å²) in [5.74, 6) is -2.07. The van der Waals surface area contributed by atoms with Crippen LogP contribution in [0.4, 0.5) is 0 Å². The maximum absolute atomic E-state index is 11.9. The lowest BCUT2D eigenvalue weighted by atomic mass is 10.1. The van der Waals surface area contributed by atoms with Gasteiger partial charge in [-0.05, 0) is 6.07 Å². The van der Waals surface area contributed by atoms with Crippen LogP contribution < -0.4 is 5.56 Å². The highest BCUT2D eigenvalue weighted by atomic mass is 16.7. The monoisotopic (exact) mass is 327 g/mol. The Kier molecular flexibility index (Phi) is 4.19. The minimum atomic E-state index is -0.918.